The summed E-state index contributed by atoms with van der Waals surface area (Å²) in [7, 11) is 0. The van der Waals surface area contributed by atoms with Gasteiger partial charge in [-0.1, -0.05) is 42.4 Å². The third-order valence-corrected chi connectivity index (χ3v) is 8.36. The summed E-state index contributed by atoms with van der Waals surface area (Å²) < 4.78 is 5.60. The lowest BCUT2D eigenvalue weighted by Gasteiger charge is -2.31. The molecule has 0 N–H and O–H groups in total. The number of pyridine rings is 1. The SMILES string of the molecule is CCOc1nc2c(s1)CCN(CCC1CCC(CC(=O)c3cccc4ncccc34)CC1)C2. The number of benzene rings is 1. The van der Waals surface area contributed by atoms with Gasteiger partial charge >= 0.3 is 0 Å². The summed E-state index contributed by atoms with van der Waals surface area (Å²) >= 11 is 1.72. The van der Waals surface area contributed by atoms with E-state index in [4.69, 9.17) is 4.74 Å². The second kappa shape index (κ2) is 10.3. The molecular weight excluding hydrogens is 430 g/mol. The van der Waals surface area contributed by atoms with E-state index in [-0.39, 0.29) is 5.78 Å². The molecule has 0 bridgehead atoms. The van der Waals surface area contributed by atoms with Crippen molar-refractivity contribution in [2.24, 2.45) is 11.8 Å². The lowest BCUT2D eigenvalue weighted by molar-refractivity contribution is 0.0941. The Morgan fingerprint density at radius 1 is 1.15 bits per heavy atom. The van der Waals surface area contributed by atoms with E-state index < -0.39 is 0 Å². The van der Waals surface area contributed by atoms with Crippen LogP contribution in [0.5, 0.6) is 5.19 Å². The van der Waals surface area contributed by atoms with Gasteiger partial charge in [0.1, 0.15) is 0 Å². The number of thiazole rings is 1. The van der Waals surface area contributed by atoms with Gasteiger partial charge in [0.05, 0.1) is 17.8 Å². The van der Waals surface area contributed by atoms with Crippen molar-refractivity contribution in [3.63, 3.8) is 0 Å². The van der Waals surface area contributed by atoms with E-state index in [0.29, 0.717) is 18.9 Å². The first-order valence-electron chi connectivity index (χ1n) is 12.4. The zero-order chi connectivity index (χ0) is 22.6. The highest BCUT2D eigenvalue weighted by molar-refractivity contribution is 7.13. The molecule has 1 aliphatic carbocycles. The van der Waals surface area contributed by atoms with Crippen molar-refractivity contribution >= 4 is 28.0 Å². The van der Waals surface area contributed by atoms with E-state index in [2.05, 4.69) is 14.9 Å². The standard InChI is InChI=1S/C27H33N3O2S/c1-2-32-27-29-24-18-30(16-13-26(24)33-27)15-12-19-8-10-20(11-9-19)17-25(31)22-5-3-7-23-21(22)6-4-14-28-23/h3-7,14,19-20H,2,8-13,15-18H2,1H3. The molecular formula is C27H33N3O2S. The number of carbonyl (C=O) groups excluding carboxylic acids is 1. The van der Waals surface area contributed by atoms with Gasteiger partial charge in [-0.3, -0.25) is 14.7 Å². The van der Waals surface area contributed by atoms with E-state index in [1.54, 1.807) is 17.5 Å². The van der Waals surface area contributed by atoms with Crippen LogP contribution in [0.4, 0.5) is 0 Å². The van der Waals surface area contributed by atoms with E-state index in [0.717, 1.165) is 53.6 Å². The fraction of sp³-hybridized carbons (Fsp3) is 0.519. The molecule has 0 spiro atoms. The van der Waals surface area contributed by atoms with E-state index in [1.807, 2.05) is 37.3 Å². The third kappa shape index (κ3) is 5.28. The predicted octanol–water partition coefficient (Wildman–Crippen LogP) is 5.92. The summed E-state index contributed by atoms with van der Waals surface area (Å²) in [5, 5.41) is 1.81. The highest BCUT2D eigenvalue weighted by Crippen LogP contribution is 2.35. The second-order valence-electron chi connectivity index (χ2n) is 9.49. The Morgan fingerprint density at radius 2 is 2.00 bits per heavy atom. The Balaban J connectivity index is 1.08. The normalized spacial score (nSPS) is 21.1. The zero-order valence-electron chi connectivity index (χ0n) is 19.5. The van der Waals surface area contributed by atoms with Crippen molar-refractivity contribution in [1.29, 1.82) is 0 Å². The molecule has 2 aromatic heterocycles. The predicted molar refractivity (Wildman–Crippen MR) is 133 cm³/mol. The summed E-state index contributed by atoms with van der Waals surface area (Å²) in [4.78, 5) is 26.1. The van der Waals surface area contributed by atoms with Gasteiger partial charge in [0, 0.05) is 41.5 Å². The van der Waals surface area contributed by atoms with Crippen molar-refractivity contribution in [2.75, 3.05) is 19.7 Å². The van der Waals surface area contributed by atoms with Gasteiger partial charge in [-0.25, -0.2) is 4.98 Å². The molecule has 1 aromatic carbocycles. The van der Waals surface area contributed by atoms with Crippen LogP contribution in [0.25, 0.3) is 10.9 Å². The van der Waals surface area contributed by atoms with Crippen LogP contribution in [-0.4, -0.2) is 40.3 Å². The number of ether oxygens (including phenoxy) is 1. The highest BCUT2D eigenvalue weighted by atomic mass is 32.1. The van der Waals surface area contributed by atoms with Crippen LogP contribution in [0.15, 0.2) is 36.5 Å². The lowest BCUT2D eigenvalue weighted by atomic mass is 9.78. The molecule has 0 atom stereocenters. The van der Waals surface area contributed by atoms with Gasteiger partial charge in [0.25, 0.3) is 5.19 Å². The molecule has 3 aromatic rings. The molecule has 1 saturated carbocycles. The lowest BCUT2D eigenvalue weighted by Crippen LogP contribution is -2.32. The van der Waals surface area contributed by atoms with Crippen molar-refractivity contribution in [3.05, 3.63) is 52.7 Å². The van der Waals surface area contributed by atoms with Crippen molar-refractivity contribution in [2.45, 2.75) is 58.4 Å². The quantitative estimate of drug-likeness (QED) is 0.388. The molecule has 1 fully saturated rings. The Labute approximate surface area is 200 Å². The highest BCUT2D eigenvalue weighted by Gasteiger charge is 2.26. The smallest absolute Gasteiger partial charge is 0.273 e. The number of hydrogen-bond acceptors (Lipinski definition) is 6. The maximum absolute atomic E-state index is 13.0. The Morgan fingerprint density at radius 3 is 2.85 bits per heavy atom. The minimum atomic E-state index is 0.274. The minimum absolute atomic E-state index is 0.274. The fourth-order valence-electron chi connectivity index (χ4n) is 5.41. The molecule has 3 heterocycles. The summed E-state index contributed by atoms with van der Waals surface area (Å²) in [5.74, 6) is 1.58. The third-order valence-electron chi connectivity index (χ3n) is 7.29. The number of fused-ring (bicyclic) bond motifs is 2. The monoisotopic (exact) mass is 463 g/mol. The van der Waals surface area contributed by atoms with E-state index in [1.165, 1.54) is 42.7 Å². The molecule has 174 valence electrons. The van der Waals surface area contributed by atoms with Crippen molar-refractivity contribution in [1.82, 2.24) is 14.9 Å². The van der Waals surface area contributed by atoms with Crippen LogP contribution in [-0.2, 0) is 13.0 Å². The molecule has 0 amide bonds. The molecule has 0 unspecified atom stereocenters. The number of Topliss-reactive ketones (excluding diaryl/α,β-unsaturated/α-hetero) is 1. The number of rotatable bonds is 8. The molecule has 6 heteroatoms. The van der Waals surface area contributed by atoms with Crippen LogP contribution in [0.2, 0.25) is 0 Å². The number of nitrogens with zero attached hydrogens (tertiary/aromatic N) is 3. The van der Waals surface area contributed by atoms with Crippen LogP contribution < -0.4 is 4.74 Å². The zero-order valence-corrected chi connectivity index (χ0v) is 20.3. The van der Waals surface area contributed by atoms with Gasteiger partial charge < -0.3 is 4.74 Å². The first-order chi connectivity index (χ1) is 16.2. The molecule has 0 saturated heterocycles. The summed E-state index contributed by atoms with van der Waals surface area (Å²) in [6, 6.07) is 9.82. The van der Waals surface area contributed by atoms with Crippen molar-refractivity contribution in [3.8, 4) is 5.19 Å². The maximum Gasteiger partial charge on any atom is 0.273 e. The van der Waals surface area contributed by atoms with Gasteiger partial charge in [-0.15, -0.1) is 0 Å². The average molecular weight is 464 g/mol. The molecule has 5 rings (SSSR count). The van der Waals surface area contributed by atoms with Crippen molar-refractivity contribution < 1.29 is 9.53 Å². The second-order valence-corrected chi connectivity index (χ2v) is 10.5. The van der Waals surface area contributed by atoms with Crippen LogP contribution in [0, 0.1) is 11.8 Å². The Bertz CT molecular complexity index is 1100. The molecule has 0 radical (unpaired) electrons. The number of aromatic nitrogens is 2. The summed E-state index contributed by atoms with van der Waals surface area (Å²) in [6.45, 7) is 5.94. The van der Waals surface area contributed by atoms with Gasteiger partial charge in [0.2, 0.25) is 0 Å². The number of hydrogen-bond donors (Lipinski definition) is 0. The largest absolute Gasteiger partial charge is 0.470 e. The topological polar surface area (TPSA) is 55.3 Å². The first kappa shape index (κ1) is 22.5. The first-order valence-corrected chi connectivity index (χ1v) is 13.2. The Hall–Kier alpha value is -2.31. The van der Waals surface area contributed by atoms with Crippen LogP contribution >= 0.6 is 11.3 Å². The summed E-state index contributed by atoms with van der Waals surface area (Å²) in [6.07, 6.45) is 9.66. The minimum Gasteiger partial charge on any atom is -0.470 e. The van der Waals surface area contributed by atoms with E-state index in [9.17, 15) is 4.79 Å². The molecule has 2 aliphatic rings. The van der Waals surface area contributed by atoms with Gasteiger partial charge in [-0.05, 0) is 63.1 Å². The Kier molecular flexibility index (Phi) is 7.02. The summed E-state index contributed by atoms with van der Waals surface area (Å²) in [5.41, 5.74) is 2.96. The number of ketones is 1. The number of carbonyl (C=O) groups is 1. The fourth-order valence-corrected chi connectivity index (χ4v) is 6.38. The average Bonchev–Trinajstić information content (AvgIpc) is 3.25. The van der Waals surface area contributed by atoms with Crippen LogP contribution in [0.3, 0.4) is 0 Å². The maximum atomic E-state index is 13.0. The van der Waals surface area contributed by atoms with Gasteiger partial charge in [0.15, 0.2) is 5.78 Å². The van der Waals surface area contributed by atoms with Gasteiger partial charge in [-0.2, -0.15) is 0 Å². The molecule has 5 nitrogen and oxygen atoms in total. The van der Waals surface area contributed by atoms with Crippen LogP contribution in [0.1, 0.15) is 66.4 Å². The molecule has 33 heavy (non-hydrogen) atoms. The molecule has 1 aliphatic heterocycles. The van der Waals surface area contributed by atoms with E-state index >= 15 is 0 Å².